The molecule has 174 valence electrons. The fourth-order valence-corrected chi connectivity index (χ4v) is 5.20. The van der Waals surface area contributed by atoms with Crippen molar-refractivity contribution in [3.63, 3.8) is 0 Å². The molecule has 34 heavy (non-hydrogen) atoms. The van der Waals surface area contributed by atoms with Gasteiger partial charge in [-0.15, -0.1) is 0 Å². The van der Waals surface area contributed by atoms with Crippen molar-refractivity contribution in [3.8, 4) is 11.1 Å². The molecule has 0 unspecified atom stereocenters. The molecule has 0 bridgehead atoms. The molecule has 0 amide bonds. The number of aromatic nitrogens is 4. The number of rotatable bonds is 4. The highest BCUT2D eigenvalue weighted by Crippen LogP contribution is 2.40. The second-order valence-corrected chi connectivity index (χ2v) is 9.37. The van der Waals surface area contributed by atoms with E-state index in [4.69, 9.17) is 0 Å². The molecule has 2 aliphatic heterocycles. The van der Waals surface area contributed by atoms with Gasteiger partial charge in [-0.3, -0.25) is 4.68 Å². The average molecular weight is 459 g/mol. The molecule has 1 N–H and O–H groups in total. The minimum Gasteiger partial charge on any atom is -0.389 e. The normalized spacial score (nSPS) is 21.7. The van der Waals surface area contributed by atoms with Crippen molar-refractivity contribution < 1.29 is 9.50 Å². The highest BCUT2D eigenvalue weighted by molar-refractivity contribution is 5.93. The molecular weight excluding hydrogens is 431 g/mol. The number of hydrogen-bond acceptors (Lipinski definition) is 6. The maximum Gasteiger partial charge on any atom is 0.140 e. The molecule has 2 aliphatic rings. The molecule has 2 aromatic carbocycles. The summed E-state index contributed by atoms with van der Waals surface area (Å²) in [5, 5.41) is 15.6. The predicted octanol–water partition coefficient (Wildman–Crippen LogP) is 3.82. The zero-order valence-corrected chi connectivity index (χ0v) is 19.0. The van der Waals surface area contributed by atoms with E-state index in [0.717, 1.165) is 37.1 Å². The van der Waals surface area contributed by atoms with E-state index < -0.39 is 6.10 Å². The van der Waals surface area contributed by atoms with Crippen molar-refractivity contribution in [2.75, 3.05) is 31.6 Å². The molecule has 0 spiro atoms. The Labute approximate surface area is 197 Å². The van der Waals surface area contributed by atoms with E-state index in [1.54, 1.807) is 12.3 Å². The van der Waals surface area contributed by atoms with Gasteiger partial charge in [-0.1, -0.05) is 30.3 Å². The van der Waals surface area contributed by atoms with E-state index in [2.05, 4.69) is 27.0 Å². The summed E-state index contributed by atoms with van der Waals surface area (Å²) < 4.78 is 17.4. The fourth-order valence-electron chi connectivity index (χ4n) is 5.20. The molecule has 2 atom stereocenters. The van der Waals surface area contributed by atoms with Crippen LogP contribution in [0.4, 0.5) is 10.2 Å². The topological polar surface area (TPSA) is 70.3 Å². The van der Waals surface area contributed by atoms with Crippen molar-refractivity contribution in [2.24, 2.45) is 0 Å². The quantitative estimate of drug-likeness (QED) is 0.501. The van der Waals surface area contributed by atoms with Crippen LogP contribution in [0, 0.1) is 5.82 Å². The molecular formula is C26H27FN6O. The van der Waals surface area contributed by atoms with Gasteiger partial charge in [0.05, 0.1) is 29.9 Å². The van der Waals surface area contributed by atoms with Crippen LogP contribution in [0.15, 0.2) is 61.2 Å². The maximum absolute atomic E-state index is 15.4. The van der Waals surface area contributed by atoms with Gasteiger partial charge >= 0.3 is 0 Å². The van der Waals surface area contributed by atoms with Gasteiger partial charge in [0.15, 0.2) is 0 Å². The van der Waals surface area contributed by atoms with E-state index in [9.17, 15) is 5.11 Å². The van der Waals surface area contributed by atoms with Gasteiger partial charge in [-0.2, -0.15) is 5.10 Å². The van der Waals surface area contributed by atoms with E-state index in [-0.39, 0.29) is 11.9 Å². The van der Waals surface area contributed by atoms with E-state index in [1.165, 1.54) is 12.4 Å². The number of halogens is 1. The van der Waals surface area contributed by atoms with Gasteiger partial charge < -0.3 is 14.9 Å². The van der Waals surface area contributed by atoms with Crippen molar-refractivity contribution >= 4 is 16.7 Å². The lowest BCUT2D eigenvalue weighted by molar-refractivity contribution is 0.0907. The second-order valence-electron chi connectivity index (χ2n) is 9.37. The molecule has 4 aromatic rings. The third-order valence-electron chi connectivity index (χ3n) is 7.17. The summed E-state index contributed by atoms with van der Waals surface area (Å²) in [6.45, 7) is 2.52. The number of piperidine rings is 1. The largest absolute Gasteiger partial charge is 0.389 e. The highest BCUT2D eigenvalue weighted by atomic mass is 19.1. The first-order valence-electron chi connectivity index (χ1n) is 11.8. The molecule has 2 saturated heterocycles. The van der Waals surface area contributed by atoms with Crippen LogP contribution in [0.5, 0.6) is 0 Å². The molecule has 8 heteroatoms. The van der Waals surface area contributed by atoms with Crippen LogP contribution in [0.3, 0.4) is 0 Å². The fraction of sp³-hybridized carbons (Fsp3) is 0.346. The van der Waals surface area contributed by atoms with E-state index in [0.29, 0.717) is 34.9 Å². The SMILES string of the molecule is CN1CCC(n2cc(-c3cc4ncnc(N5C[C@H](O)[C@H]5c5ccccc5)c4cc3F)cn2)CC1. The predicted molar refractivity (Wildman–Crippen MR) is 129 cm³/mol. The molecule has 0 aliphatic carbocycles. The summed E-state index contributed by atoms with van der Waals surface area (Å²) in [5.41, 5.74) is 2.91. The van der Waals surface area contributed by atoms with Crippen LogP contribution in [0.2, 0.25) is 0 Å². The summed E-state index contributed by atoms with van der Waals surface area (Å²) >= 11 is 0. The summed E-state index contributed by atoms with van der Waals surface area (Å²) in [6.07, 6.45) is 6.77. The molecule has 0 saturated carbocycles. The van der Waals surface area contributed by atoms with Crippen LogP contribution in [0.1, 0.15) is 30.5 Å². The summed E-state index contributed by atoms with van der Waals surface area (Å²) in [4.78, 5) is 13.2. The third kappa shape index (κ3) is 3.63. The van der Waals surface area contributed by atoms with E-state index >= 15 is 4.39 Å². The number of hydrogen-bond donors (Lipinski definition) is 1. The van der Waals surface area contributed by atoms with Crippen molar-refractivity contribution in [2.45, 2.75) is 31.0 Å². The lowest BCUT2D eigenvalue weighted by Gasteiger charge is -2.46. The van der Waals surface area contributed by atoms with Crippen LogP contribution >= 0.6 is 0 Å². The molecule has 0 radical (unpaired) electrons. The third-order valence-corrected chi connectivity index (χ3v) is 7.17. The van der Waals surface area contributed by atoms with Gasteiger partial charge in [-0.05, 0) is 50.7 Å². The lowest BCUT2D eigenvalue weighted by atomic mass is 9.91. The second kappa shape index (κ2) is 8.45. The van der Waals surface area contributed by atoms with Gasteiger partial charge in [0, 0.05) is 29.3 Å². The first kappa shape index (κ1) is 21.2. The smallest absolute Gasteiger partial charge is 0.140 e. The Bertz CT molecular complexity index is 1320. The Morgan fingerprint density at radius 1 is 1.06 bits per heavy atom. The van der Waals surface area contributed by atoms with Crippen LogP contribution < -0.4 is 4.90 Å². The maximum atomic E-state index is 15.4. The Hall–Kier alpha value is -3.36. The minimum absolute atomic E-state index is 0.213. The monoisotopic (exact) mass is 458 g/mol. The molecule has 4 heterocycles. The number of aliphatic hydroxyl groups excluding tert-OH is 1. The zero-order chi connectivity index (χ0) is 23.2. The van der Waals surface area contributed by atoms with Gasteiger partial charge in [0.25, 0.3) is 0 Å². The lowest BCUT2D eigenvalue weighted by Crippen LogP contribution is -2.54. The number of anilines is 1. The number of benzene rings is 2. The zero-order valence-electron chi connectivity index (χ0n) is 19.0. The Morgan fingerprint density at radius 2 is 1.85 bits per heavy atom. The standard InChI is InChI=1S/C26H27FN6O/c1-31-9-7-19(8-10-31)33-14-18(13-30-33)20-12-23-21(11-22(20)27)26(29-16-28-23)32-15-24(34)25(32)17-5-3-2-4-6-17/h2-6,11-14,16,19,24-25,34H,7-10,15H2,1H3/t24-,25+/m0/s1. The van der Waals surface area contributed by atoms with Crippen molar-refractivity contribution in [1.82, 2.24) is 24.6 Å². The first-order valence-corrected chi connectivity index (χ1v) is 11.8. The van der Waals surface area contributed by atoms with Crippen LogP contribution in [0.25, 0.3) is 22.0 Å². The number of aliphatic hydroxyl groups is 1. The van der Waals surface area contributed by atoms with Gasteiger partial charge in [0.2, 0.25) is 0 Å². The summed E-state index contributed by atoms with van der Waals surface area (Å²) in [5.74, 6) is 0.306. The van der Waals surface area contributed by atoms with Crippen LogP contribution in [-0.4, -0.2) is 62.5 Å². The number of β-amino-alcohol motifs (C(OH)–C–C–N with tert-alkyl or cyclic N) is 1. The average Bonchev–Trinajstić information content (AvgIpc) is 3.33. The van der Waals surface area contributed by atoms with Gasteiger partial charge in [0.1, 0.15) is 18.0 Å². The summed E-state index contributed by atoms with van der Waals surface area (Å²) in [7, 11) is 2.13. The minimum atomic E-state index is -0.498. The summed E-state index contributed by atoms with van der Waals surface area (Å²) in [6, 6.07) is 13.3. The Kier molecular flexibility index (Phi) is 5.27. The van der Waals surface area contributed by atoms with Gasteiger partial charge in [-0.25, -0.2) is 14.4 Å². The Morgan fingerprint density at radius 3 is 2.62 bits per heavy atom. The molecule has 6 rings (SSSR count). The highest BCUT2D eigenvalue weighted by Gasteiger charge is 2.40. The van der Waals surface area contributed by atoms with Crippen LogP contribution in [-0.2, 0) is 0 Å². The van der Waals surface area contributed by atoms with E-state index in [1.807, 2.05) is 46.1 Å². The number of nitrogens with zero attached hydrogens (tertiary/aromatic N) is 6. The molecule has 7 nitrogen and oxygen atoms in total. The number of fused-ring (bicyclic) bond motifs is 1. The van der Waals surface area contributed by atoms with Crippen molar-refractivity contribution in [3.05, 3.63) is 72.6 Å². The first-order chi connectivity index (χ1) is 16.6. The Balaban J connectivity index is 1.33. The molecule has 2 aromatic heterocycles. The number of likely N-dealkylation sites (tertiary alicyclic amines) is 1. The molecule has 2 fully saturated rings. The van der Waals surface area contributed by atoms with Crippen molar-refractivity contribution in [1.29, 1.82) is 0 Å².